The van der Waals surface area contributed by atoms with Crippen molar-refractivity contribution in [3.63, 3.8) is 0 Å². The van der Waals surface area contributed by atoms with E-state index in [0.717, 1.165) is 0 Å². The normalized spacial score (nSPS) is 14.9. The van der Waals surface area contributed by atoms with E-state index in [1.165, 1.54) is 7.05 Å². The smallest absolute Gasteiger partial charge is 0.306 e. The summed E-state index contributed by atoms with van der Waals surface area (Å²) in [5.41, 5.74) is 3.22. The minimum Gasteiger partial charge on any atom is -0.427 e. The van der Waals surface area contributed by atoms with Crippen LogP contribution in [0.5, 0.6) is 0 Å². The van der Waals surface area contributed by atoms with Gasteiger partial charge in [-0.15, -0.1) is 0 Å². The van der Waals surface area contributed by atoms with Gasteiger partial charge in [-0.3, -0.25) is 4.79 Å². The standard InChI is InChI=1S/C12H15N7O3/c1-13-10(20)11-15-8-7(22-11)9(17-12(16-8)18-14-2)19-3-5-21-6-4-19/h2-6H2,1H3,(H,13,20)(H,16,17,18). The van der Waals surface area contributed by atoms with Crippen molar-refractivity contribution in [3.05, 3.63) is 5.89 Å². The van der Waals surface area contributed by atoms with Gasteiger partial charge in [0.25, 0.3) is 5.89 Å². The van der Waals surface area contributed by atoms with Gasteiger partial charge < -0.3 is 19.4 Å². The summed E-state index contributed by atoms with van der Waals surface area (Å²) in [6, 6.07) is 0. The lowest BCUT2D eigenvalue weighted by Crippen LogP contribution is -2.37. The molecule has 0 aromatic carbocycles. The second-order valence-corrected chi connectivity index (χ2v) is 4.49. The number of rotatable bonds is 4. The van der Waals surface area contributed by atoms with Gasteiger partial charge in [-0.25, -0.2) is 5.43 Å². The topological polar surface area (TPSA) is 118 Å². The molecule has 0 bridgehead atoms. The third-order valence-corrected chi connectivity index (χ3v) is 3.15. The van der Waals surface area contributed by atoms with E-state index in [4.69, 9.17) is 9.15 Å². The zero-order valence-electron chi connectivity index (χ0n) is 12.0. The molecule has 3 rings (SSSR count). The summed E-state index contributed by atoms with van der Waals surface area (Å²) in [6.07, 6.45) is 0. The van der Waals surface area contributed by atoms with Crippen molar-refractivity contribution in [1.82, 2.24) is 20.3 Å². The van der Waals surface area contributed by atoms with Gasteiger partial charge in [0.05, 0.1) is 13.2 Å². The van der Waals surface area contributed by atoms with Gasteiger partial charge in [-0.2, -0.15) is 20.1 Å². The first-order chi connectivity index (χ1) is 10.7. The molecule has 1 fully saturated rings. The Kier molecular flexibility index (Phi) is 3.83. The molecule has 22 heavy (non-hydrogen) atoms. The first kappa shape index (κ1) is 14.2. The number of carbonyl (C=O) groups excluding carboxylic acids is 1. The van der Waals surface area contributed by atoms with E-state index in [-0.39, 0.29) is 17.5 Å². The number of aromatic nitrogens is 3. The predicted molar refractivity (Wildman–Crippen MR) is 79.2 cm³/mol. The molecule has 0 spiro atoms. The number of morpholine rings is 1. The van der Waals surface area contributed by atoms with Gasteiger partial charge in [-0.1, -0.05) is 0 Å². The van der Waals surface area contributed by atoms with E-state index in [9.17, 15) is 4.79 Å². The molecule has 0 aliphatic carbocycles. The zero-order valence-corrected chi connectivity index (χ0v) is 12.0. The lowest BCUT2D eigenvalue weighted by Gasteiger charge is -2.27. The van der Waals surface area contributed by atoms with Crippen LogP contribution in [0.25, 0.3) is 11.2 Å². The van der Waals surface area contributed by atoms with Crippen LogP contribution >= 0.6 is 0 Å². The van der Waals surface area contributed by atoms with E-state index in [0.29, 0.717) is 37.7 Å². The highest BCUT2D eigenvalue weighted by molar-refractivity contribution is 5.93. The molecular formula is C12H15N7O3. The summed E-state index contributed by atoms with van der Waals surface area (Å²) in [4.78, 5) is 26.3. The number of carbonyl (C=O) groups is 1. The summed E-state index contributed by atoms with van der Waals surface area (Å²) in [5.74, 6) is 0.287. The fourth-order valence-corrected chi connectivity index (χ4v) is 2.12. The Morgan fingerprint density at radius 3 is 2.77 bits per heavy atom. The molecule has 0 radical (unpaired) electrons. The van der Waals surface area contributed by atoms with E-state index in [1.54, 1.807) is 0 Å². The lowest BCUT2D eigenvalue weighted by atomic mass is 10.4. The summed E-state index contributed by atoms with van der Waals surface area (Å²) in [7, 11) is 1.50. The van der Waals surface area contributed by atoms with Crippen LogP contribution in [0.3, 0.4) is 0 Å². The predicted octanol–water partition coefficient (Wildman–Crippen LogP) is -0.159. The minimum absolute atomic E-state index is 0.0648. The van der Waals surface area contributed by atoms with Crippen LogP contribution in [0.4, 0.5) is 11.8 Å². The van der Waals surface area contributed by atoms with Crippen molar-refractivity contribution in [2.75, 3.05) is 43.7 Å². The van der Waals surface area contributed by atoms with Crippen LogP contribution < -0.4 is 15.6 Å². The number of nitrogens with one attached hydrogen (secondary N) is 2. The van der Waals surface area contributed by atoms with Crippen LogP contribution in [-0.2, 0) is 4.74 Å². The number of hydrogen-bond acceptors (Lipinski definition) is 9. The van der Waals surface area contributed by atoms with E-state index in [2.05, 4.69) is 37.5 Å². The quantitative estimate of drug-likeness (QED) is 0.591. The molecule has 3 heterocycles. The van der Waals surface area contributed by atoms with Gasteiger partial charge in [-0.05, 0) is 0 Å². The van der Waals surface area contributed by atoms with Crippen molar-refractivity contribution in [2.24, 2.45) is 5.10 Å². The first-order valence-corrected chi connectivity index (χ1v) is 6.68. The SMILES string of the molecule is C=NNc1nc(N2CCOCC2)c2oc(C(=O)NC)nc2n1. The fourth-order valence-electron chi connectivity index (χ4n) is 2.12. The van der Waals surface area contributed by atoms with Crippen LogP contribution in [0.2, 0.25) is 0 Å². The zero-order chi connectivity index (χ0) is 15.5. The van der Waals surface area contributed by atoms with Crippen molar-refractivity contribution in [3.8, 4) is 0 Å². The highest BCUT2D eigenvalue weighted by atomic mass is 16.5. The molecule has 0 atom stereocenters. The number of fused-ring (bicyclic) bond motifs is 1. The summed E-state index contributed by atoms with van der Waals surface area (Å²) in [6.45, 7) is 5.83. The van der Waals surface area contributed by atoms with Gasteiger partial charge in [0.15, 0.2) is 5.82 Å². The molecule has 10 heteroatoms. The third-order valence-electron chi connectivity index (χ3n) is 3.15. The van der Waals surface area contributed by atoms with Crippen LogP contribution in [0.1, 0.15) is 10.7 Å². The molecule has 0 unspecified atom stereocenters. The molecule has 1 aliphatic rings. The summed E-state index contributed by atoms with van der Waals surface area (Å²) < 4.78 is 10.9. The lowest BCUT2D eigenvalue weighted by molar-refractivity contribution is 0.0931. The Morgan fingerprint density at radius 1 is 1.32 bits per heavy atom. The van der Waals surface area contributed by atoms with Gasteiger partial charge in [0, 0.05) is 26.9 Å². The molecule has 2 aromatic rings. The Balaban J connectivity index is 2.11. The number of oxazole rings is 1. The molecular weight excluding hydrogens is 290 g/mol. The number of hydrazone groups is 1. The molecule has 116 valence electrons. The number of amides is 1. The van der Waals surface area contributed by atoms with Gasteiger partial charge in [0.2, 0.25) is 17.2 Å². The largest absolute Gasteiger partial charge is 0.427 e. The van der Waals surface area contributed by atoms with Crippen LogP contribution in [0, 0.1) is 0 Å². The highest BCUT2D eigenvalue weighted by Crippen LogP contribution is 2.27. The van der Waals surface area contributed by atoms with Gasteiger partial charge in [0.1, 0.15) is 0 Å². The Morgan fingerprint density at radius 2 is 2.09 bits per heavy atom. The van der Waals surface area contributed by atoms with E-state index in [1.807, 2.05) is 4.90 Å². The minimum atomic E-state index is -0.428. The second-order valence-electron chi connectivity index (χ2n) is 4.49. The molecule has 1 saturated heterocycles. The maximum atomic E-state index is 11.7. The van der Waals surface area contributed by atoms with E-state index >= 15 is 0 Å². The van der Waals surface area contributed by atoms with Crippen molar-refractivity contribution >= 4 is 35.6 Å². The van der Waals surface area contributed by atoms with Gasteiger partial charge >= 0.3 is 5.91 Å². The fraction of sp³-hybridized carbons (Fsp3) is 0.417. The molecule has 2 N–H and O–H groups in total. The number of ether oxygens (including phenoxy) is 1. The average molecular weight is 305 g/mol. The summed E-state index contributed by atoms with van der Waals surface area (Å²) in [5, 5.41) is 6.01. The van der Waals surface area contributed by atoms with Crippen molar-refractivity contribution in [2.45, 2.75) is 0 Å². The van der Waals surface area contributed by atoms with Crippen LogP contribution in [-0.4, -0.2) is 60.9 Å². The molecule has 0 saturated carbocycles. The number of anilines is 2. The molecule has 10 nitrogen and oxygen atoms in total. The highest BCUT2D eigenvalue weighted by Gasteiger charge is 2.23. The summed E-state index contributed by atoms with van der Waals surface area (Å²) >= 11 is 0. The molecule has 1 aliphatic heterocycles. The Hall–Kier alpha value is -2.75. The first-order valence-electron chi connectivity index (χ1n) is 6.68. The number of hydrogen-bond donors (Lipinski definition) is 2. The van der Waals surface area contributed by atoms with Crippen LogP contribution in [0.15, 0.2) is 9.52 Å². The monoisotopic (exact) mass is 305 g/mol. The Bertz CT molecular complexity index is 708. The third kappa shape index (κ3) is 2.55. The maximum absolute atomic E-state index is 11.7. The molecule has 2 aromatic heterocycles. The number of nitrogens with zero attached hydrogens (tertiary/aromatic N) is 5. The van der Waals surface area contributed by atoms with Crippen molar-refractivity contribution in [1.29, 1.82) is 0 Å². The van der Waals surface area contributed by atoms with Crippen molar-refractivity contribution < 1.29 is 13.9 Å². The molecule has 1 amide bonds. The second kappa shape index (κ2) is 5.93. The van der Waals surface area contributed by atoms with E-state index < -0.39 is 5.91 Å². The Labute approximate surface area is 125 Å². The average Bonchev–Trinajstić information content (AvgIpc) is 2.98. The maximum Gasteiger partial charge on any atom is 0.306 e.